The Kier molecular flexibility index (Phi) is 7.03. The Morgan fingerprint density at radius 2 is 2.12 bits per heavy atom. The molecule has 6 heteroatoms. The lowest BCUT2D eigenvalue weighted by atomic mass is 9.97. The van der Waals surface area contributed by atoms with Gasteiger partial charge in [-0.1, -0.05) is 19.1 Å². The SMILES string of the molecule is CN=C(NCc1ccccn1)NCC(c1cccs1)N1CCC(C)CC1. The third-order valence-electron chi connectivity index (χ3n) is 4.98. The number of piperidine rings is 1. The molecule has 2 N–H and O–H groups in total. The number of nitrogens with zero attached hydrogens (tertiary/aromatic N) is 3. The van der Waals surface area contributed by atoms with Crippen LogP contribution in [0, 0.1) is 5.92 Å². The lowest BCUT2D eigenvalue weighted by molar-refractivity contribution is 0.140. The highest BCUT2D eigenvalue weighted by atomic mass is 32.1. The van der Waals surface area contributed by atoms with Gasteiger partial charge in [-0.3, -0.25) is 14.9 Å². The van der Waals surface area contributed by atoms with E-state index < -0.39 is 0 Å². The normalized spacial score (nSPS) is 17.8. The van der Waals surface area contributed by atoms with E-state index in [9.17, 15) is 0 Å². The molecule has 0 aliphatic carbocycles. The van der Waals surface area contributed by atoms with Crippen LogP contribution in [0.15, 0.2) is 46.9 Å². The minimum atomic E-state index is 0.399. The number of hydrogen-bond acceptors (Lipinski definition) is 4. The number of guanidine groups is 1. The van der Waals surface area contributed by atoms with E-state index in [1.54, 1.807) is 0 Å². The predicted molar refractivity (Wildman–Crippen MR) is 109 cm³/mol. The molecular formula is C20H29N5S. The van der Waals surface area contributed by atoms with Crippen molar-refractivity contribution in [2.45, 2.75) is 32.4 Å². The molecule has 0 radical (unpaired) electrons. The molecule has 1 aliphatic heterocycles. The molecule has 3 heterocycles. The van der Waals surface area contributed by atoms with E-state index in [-0.39, 0.29) is 0 Å². The molecule has 0 spiro atoms. The van der Waals surface area contributed by atoms with Crippen LogP contribution in [-0.4, -0.2) is 42.5 Å². The summed E-state index contributed by atoms with van der Waals surface area (Å²) in [5.41, 5.74) is 1.01. The van der Waals surface area contributed by atoms with Crippen LogP contribution in [0.25, 0.3) is 0 Å². The van der Waals surface area contributed by atoms with E-state index in [2.05, 4.69) is 49.9 Å². The molecule has 0 aromatic carbocycles. The number of likely N-dealkylation sites (tertiary alicyclic amines) is 1. The third-order valence-corrected chi connectivity index (χ3v) is 5.95. The van der Waals surface area contributed by atoms with Gasteiger partial charge in [-0.15, -0.1) is 11.3 Å². The Morgan fingerprint density at radius 1 is 1.27 bits per heavy atom. The average molecular weight is 372 g/mol. The number of thiophene rings is 1. The van der Waals surface area contributed by atoms with Gasteiger partial charge in [-0.25, -0.2) is 0 Å². The summed E-state index contributed by atoms with van der Waals surface area (Å²) in [5, 5.41) is 9.04. The molecule has 1 atom stereocenters. The monoisotopic (exact) mass is 371 g/mol. The molecule has 5 nitrogen and oxygen atoms in total. The Labute approximate surface area is 160 Å². The Bertz CT molecular complexity index is 663. The van der Waals surface area contributed by atoms with Crippen LogP contribution < -0.4 is 10.6 Å². The van der Waals surface area contributed by atoms with Crippen LogP contribution in [0.3, 0.4) is 0 Å². The first-order chi connectivity index (χ1) is 12.8. The van der Waals surface area contributed by atoms with Crippen LogP contribution in [0.2, 0.25) is 0 Å². The zero-order valence-corrected chi connectivity index (χ0v) is 16.5. The Hall–Kier alpha value is -1.92. The third kappa shape index (κ3) is 5.29. The fraction of sp³-hybridized carbons (Fsp3) is 0.500. The summed E-state index contributed by atoms with van der Waals surface area (Å²) in [7, 11) is 1.82. The van der Waals surface area contributed by atoms with Crippen molar-refractivity contribution in [3.05, 3.63) is 52.5 Å². The first-order valence-electron chi connectivity index (χ1n) is 9.38. The van der Waals surface area contributed by atoms with Crippen LogP contribution in [0.4, 0.5) is 0 Å². The Morgan fingerprint density at radius 3 is 2.77 bits per heavy atom. The molecule has 26 heavy (non-hydrogen) atoms. The number of pyridine rings is 1. The minimum absolute atomic E-state index is 0.399. The summed E-state index contributed by atoms with van der Waals surface area (Å²) >= 11 is 1.84. The van der Waals surface area contributed by atoms with E-state index in [1.165, 1.54) is 30.8 Å². The smallest absolute Gasteiger partial charge is 0.191 e. The topological polar surface area (TPSA) is 52.6 Å². The number of hydrogen-bond donors (Lipinski definition) is 2. The van der Waals surface area contributed by atoms with Crippen molar-refractivity contribution in [3.63, 3.8) is 0 Å². The molecule has 0 bridgehead atoms. The van der Waals surface area contributed by atoms with Gasteiger partial charge in [0.2, 0.25) is 0 Å². The number of nitrogens with one attached hydrogen (secondary N) is 2. The van der Waals surface area contributed by atoms with Gasteiger partial charge in [0, 0.05) is 24.7 Å². The number of rotatable bonds is 6. The van der Waals surface area contributed by atoms with Gasteiger partial charge in [0.05, 0.1) is 18.3 Å². The highest BCUT2D eigenvalue weighted by Crippen LogP contribution is 2.28. The van der Waals surface area contributed by atoms with Gasteiger partial charge in [-0.05, 0) is 55.4 Å². The summed E-state index contributed by atoms with van der Waals surface area (Å²) in [6.45, 7) is 6.23. The van der Waals surface area contributed by atoms with Gasteiger partial charge in [0.1, 0.15) is 0 Å². The second-order valence-corrected chi connectivity index (χ2v) is 7.86. The molecule has 3 rings (SSSR count). The van der Waals surface area contributed by atoms with Gasteiger partial charge in [-0.2, -0.15) is 0 Å². The number of aromatic nitrogens is 1. The van der Waals surface area contributed by atoms with Gasteiger partial charge >= 0.3 is 0 Å². The summed E-state index contributed by atoms with van der Waals surface area (Å²) in [6, 6.07) is 10.7. The first kappa shape index (κ1) is 18.9. The molecular weight excluding hydrogens is 342 g/mol. The summed E-state index contributed by atoms with van der Waals surface area (Å²) in [4.78, 5) is 12.8. The van der Waals surface area contributed by atoms with E-state index >= 15 is 0 Å². The summed E-state index contributed by atoms with van der Waals surface area (Å²) in [6.07, 6.45) is 4.39. The van der Waals surface area contributed by atoms with E-state index in [0.29, 0.717) is 12.6 Å². The molecule has 2 aromatic heterocycles. The fourth-order valence-corrected chi connectivity index (χ4v) is 4.18. The van der Waals surface area contributed by atoms with Crippen molar-refractivity contribution in [3.8, 4) is 0 Å². The lowest BCUT2D eigenvalue weighted by Crippen LogP contribution is -2.44. The second kappa shape index (κ2) is 9.69. The van der Waals surface area contributed by atoms with Gasteiger partial charge in [0.15, 0.2) is 5.96 Å². The van der Waals surface area contributed by atoms with Crippen molar-refractivity contribution >= 4 is 17.3 Å². The Balaban J connectivity index is 1.57. The van der Waals surface area contributed by atoms with Crippen molar-refractivity contribution in [2.75, 3.05) is 26.7 Å². The highest BCUT2D eigenvalue weighted by molar-refractivity contribution is 7.10. The van der Waals surface area contributed by atoms with Crippen molar-refractivity contribution in [2.24, 2.45) is 10.9 Å². The molecule has 0 amide bonds. The molecule has 1 aliphatic rings. The first-order valence-corrected chi connectivity index (χ1v) is 10.3. The molecule has 1 fully saturated rings. The fourth-order valence-electron chi connectivity index (χ4n) is 3.32. The lowest BCUT2D eigenvalue weighted by Gasteiger charge is -2.36. The molecule has 1 unspecified atom stereocenters. The standard InChI is InChI=1S/C20H29N5S/c1-16-8-11-25(12-9-16)18(19-7-5-13-26-19)15-24-20(21-2)23-14-17-6-3-4-10-22-17/h3-7,10,13,16,18H,8-9,11-12,14-15H2,1-2H3,(H2,21,23,24). The largest absolute Gasteiger partial charge is 0.354 e. The zero-order chi connectivity index (χ0) is 18.2. The van der Waals surface area contributed by atoms with Crippen LogP contribution in [0.5, 0.6) is 0 Å². The maximum atomic E-state index is 4.37. The zero-order valence-electron chi connectivity index (χ0n) is 15.7. The molecule has 2 aromatic rings. The van der Waals surface area contributed by atoms with Gasteiger partial charge < -0.3 is 10.6 Å². The van der Waals surface area contributed by atoms with Crippen LogP contribution >= 0.6 is 11.3 Å². The molecule has 140 valence electrons. The average Bonchev–Trinajstić information content (AvgIpc) is 3.21. The summed E-state index contributed by atoms with van der Waals surface area (Å²) < 4.78 is 0. The van der Waals surface area contributed by atoms with E-state index in [0.717, 1.165) is 24.1 Å². The number of aliphatic imine (C=N–C) groups is 1. The van der Waals surface area contributed by atoms with Crippen molar-refractivity contribution in [1.82, 2.24) is 20.5 Å². The summed E-state index contributed by atoms with van der Waals surface area (Å²) in [5.74, 6) is 1.67. The second-order valence-electron chi connectivity index (χ2n) is 6.88. The molecule has 1 saturated heterocycles. The van der Waals surface area contributed by atoms with Crippen LogP contribution in [-0.2, 0) is 6.54 Å². The van der Waals surface area contributed by atoms with Crippen LogP contribution in [0.1, 0.15) is 36.4 Å². The van der Waals surface area contributed by atoms with E-state index in [4.69, 9.17) is 0 Å². The molecule has 0 saturated carbocycles. The maximum Gasteiger partial charge on any atom is 0.191 e. The van der Waals surface area contributed by atoms with Crippen molar-refractivity contribution < 1.29 is 0 Å². The van der Waals surface area contributed by atoms with Crippen molar-refractivity contribution in [1.29, 1.82) is 0 Å². The quantitative estimate of drug-likeness (QED) is 0.604. The highest BCUT2D eigenvalue weighted by Gasteiger charge is 2.25. The maximum absolute atomic E-state index is 4.37. The minimum Gasteiger partial charge on any atom is -0.354 e. The van der Waals surface area contributed by atoms with Gasteiger partial charge in [0.25, 0.3) is 0 Å². The predicted octanol–water partition coefficient (Wildman–Crippen LogP) is 3.28. The van der Waals surface area contributed by atoms with E-state index in [1.807, 2.05) is 42.8 Å².